The molecule has 0 unspecified atom stereocenters. The third-order valence-corrected chi connectivity index (χ3v) is 4.22. The zero-order chi connectivity index (χ0) is 15.5. The van der Waals surface area contributed by atoms with Gasteiger partial charge in [0.1, 0.15) is 11.6 Å². The summed E-state index contributed by atoms with van der Waals surface area (Å²) < 4.78 is 26.4. The molecule has 1 N–H and O–H groups in total. The molecule has 1 aliphatic heterocycles. The van der Waals surface area contributed by atoms with Crippen molar-refractivity contribution in [3.8, 4) is 0 Å². The van der Waals surface area contributed by atoms with Crippen LogP contribution >= 0.6 is 12.2 Å². The molecule has 114 valence electrons. The predicted molar refractivity (Wildman–Crippen MR) is 88.0 cm³/mol. The van der Waals surface area contributed by atoms with Gasteiger partial charge in [-0.05, 0) is 36.3 Å². The number of hydrogen-bond acceptors (Lipinski definition) is 1. The number of rotatable bonds is 2. The van der Waals surface area contributed by atoms with Crippen molar-refractivity contribution in [2.75, 3.05) is 18.4 Å². The Kier molecular flexibility index (Phi) is 4.34. The fourth-order valence-electron chi connectivity index (χ4n) is 2.77. The zero-order valence-electron chi connectivity index (χ0n) is 11.9. The maximum Gasteiger partial charge on any atom is 0.173 e. The number of likely N-dealkylation sites (tertiary alicyclic amines) is 1. The molecule has 0 bridgehead atoms. The van der Waals surface area contributed by atoms with Gasteiger partial charge in [-0.1, -0.05) is 30.3 Å². The van der Waals surface area contributed by atoms with Crippen LogP contribution in [0.3, 0.4) is 0 Å². The summed E-state index contributed by atoms with van der Waals surface area (Å²) in [5.74, 6) is -0.798. The molecule has 1 atom stereocenters. The Morgan fingerprint density at radius 1 is 1.09 bits per heavy atom. The lowest BCUT2D eigenvalue weighted by atomic mass is 9.99. The summed E-state index contributed by atoms with van der Waals surface area (Å²) >= 11 is 5.36. The van der Waals surface area contributed by atoms with Crippen LogP contribution in [0.15, 0.2) is 48.5 Å². The van der Waals surface area contributed by atoms with Gasteiger partial charge in [-0.25, -0.2) is 8.78 Å². The van der Waals surface area contributed by atoms with Gasteiger partial charge < -0.3 is 10.2 Å². The van der Waals surface area contributed by atoms with E-state index in [2.05, 4.69) is 17.4 Å². The third kappa shape index (κ3) is 3.42. The fraction of sp³-hybridized carbons (Fsp3) is 0.235. The summed E-state index contributed by atoms with van der Waals surface area (Å²) in [7, 11) is 0. The molecule has 2 aromatic rings. The smallest absolute Gasteiger partial charge is 0.173 e. The van der Waals surface area contributed by atoms with E-state index in [1.165, 1.54) is 17.7 Å². The van der Waals surface area contributed by atoms with E-state index in [4.69, 9.17) is 12.2 Å². The topological polar surface area (TPSA) is 15.3 Å². The molecule has 1 heterocycles. The Bertz CT molecular complexity index is 655. The normalized spacial score (nSPS) is 17.5. The van der Waals surface area contributed by atoms with E-state index in [0.717, 1.165) is 25.6 Å². The van der Waals surface area contributed by atoms with Crippen molar-refractivity contribution in [1.82, 2.24) is 4.90 Å². The van der Waals surface area contributed by atoms with Crippen LogP contribution in [0, 0.1) is 11.6 Å². The van der Waals surface area contributed by atoms with Crippen LogP contribution in [-0.2, 0) is 0 Å². The van der Waals surface area contributed by atoms with Gasteiger partial charge >= 0.3 is 0 Å². The minimum absolute atomic E-state index is 0.339. The molecule has 2 nitrogen and oxygen atoms in total. The van der Waals surface area contributed by atoms with Crippen LogP contribution in [0.1, 0.15) is 17.9 Å². The molecule has 1 saturated heterocycles. The molecule has 22 heavy (non-hydrogen) atoms. The first kappa shape index (κ1) is 14.9. The van der Waals surface area contributed by atoms with Gasteiger partial charge in [0.15, 0.2) is 5.11 Å². The molecule has 2 aromatic carbocycles. The van der Waals surface area contributed by atoms with Crippen LogP contribution in [0.4, 0.5) is 14.5 Å². The Morgan fingerprint density at radius 3 is 2.45 bits per heavy atom. The molecule has 0 amide bonds. The highest BCUT2D eigenvalue weighted by molar-refractivity contribution is 7.80. The zero-order valence-corrected chi connectivity index (χ0v) is 12.7. The molecule has 3 rings (SSSR count). The van der Waals surface area contributed by atoms with E-state index < -0.39 is 11.6 Å². The Morgan fingerprint density at radius 2 is 1.77 bits per heavy atom. The monoisotopic (exact) mass is 318 g/mol. The van der Waals surface area contributed by atoms with Gasteiger partial charge in [-0.2, -0.15) is 0 Å². The minimum Gasteiger partial charge on any atom is -0.348 e. The maximum atomic E-state index is 13.2. The Hall–Kier alpha value is -2.01. The van der Waals surface area contributed by atoms with Gasteiger partial charge in [0, 0.05) is 30.8 Å². The lowest BCUT2D eigenvalue weighted by molar-refractivity contribution is 0.518. The Balaban J connectivity index is 1.64. The van der Waals surface area contributed by atoms with Gasteiger partial charge in [0.2, 0.25) is 0 Å². The van der Waals surface area contributed by atoms with Crippen LogP contribution in [0.25, 0.3) is 0 Å². The largest absolute Gasteiger partial charge is 0.348 e. The second-order valence-corrected chi connectivity index (χ2v) is 5.82. The number of benzene rings is 2. The summed E-state index contributed by atoms with van der Waals surface area (Å²) in [6.07, 6.45) is 1.02. The molecule has 0 spiro atoms. The number of hydrogen-bond donors (Lipinski definition) is 1. The van der Waals surface area contributed by atoms with Gasteiger partial charge in [-0.15, -0.1) is 0 Å². The lowest BCUT2D eigenvalue weighted by Gasteiger charge is -2.20. The second-order valence-electron chi connectivity index (χ2n) is 5.43. The number of halogens is 2. The second kappa shape index (κ2) is 6.40. The molecule has 0 radical (unpaired) electrons. The van der Waals surface area contributed by atoms with Crippen LogP contribution in [0.5, 0.6) is 0 Å². The number of nitrogens with zero attached hydrogens (tertiary/aromatic N) is 1. The molecule has 0 aromatic heterocycles. The van der Waals surface area contributed by atoms with E-state index >= 15 is 0 Å². The number of anilines is 1. The van der Waals surface area contributed by atoms with Crippen LogP contribution in [0.2, 0.25) is 0 Å². The minimum atomic E-state index is -0.617. The van der Waals surface area contributed by atoms with Crippen LogP contribution < -0.4 is 5.32 Å². The van der Waals surface area contributed by atoms with E-state index in [0.29, 0.717) is 16.7 Å². The van der Waals surface area contributed by atoms with Gasteiger partial charge in [0.25, 0.3) is 0 Å². The summed E-state index contributed by atoms with van der Waals surface area (Å²) in [4.78, 5) is 2.04. The summed E-state index contributed by atoms with van der Waals surface area (Å²) in [6.45, 7) is 1.65. The first-order valence-electron chi connectivity index (χ1n) is 7.19. The quantitative estimate of drug-likeness (QED) is 0.837. The summed E-state index contributed by atoms with van der Waals surface area (Å²) in [5.41, 5.74) is 1.63. The van der Waals surface area contributed by atoms with Crippen molar-refractivity contribution in [3.63, 3.8) is 0 Å². The molecular weight excluding hydrogens is 302 g/mol. The molecule has 0 saturated carbocycles. The van der Waals surface area contributed by atoms with Gasteiger partial charge in [-0.3, -0.25) is 0 Å². The van der Waals surface area contributed by atoms with Crippen molar-refractivity contribution in [2.24, 2.45) is 0 Å². The number of thiocarbonyl (C=S) groups is 1. The van der Waals surface area contributed by atoms with Crippen molar-refractivity contribution in [1.29, 1.82) is 0 Å². The van der Waals surface area contributed by atoms with Crippen molar-refractivity contribution in [3.05, 3.63) is 65.7 Å². The SMILES string of the molecule is Fc1cc(F)cc(NC(=S)N2CC[C@@H](c3ccccc3)C2)c1. The first-order valence-corrected chi connectivity index (χ1v) is 7.59. The molecule has 5 heteroatoms. The molecule has 1 aliphatic rings. The van der Waals surface area contributed by atoms with Gasteiger partial charge in [0.05, 0.1) is 0 Å². The number of nitrogens with one attached hydrogen (secondary N) is 1. The third-order valence-electron chi connectivity index (χ3n) is 3.86. The van der Waals surface area contributed by atoms with Crippen molar-refractivity contribution >= 4 is 23.0 Å². The highest BCUT2D eigenvalue weighted by Gasteiger charge is 2.25. The van der Waals surface area contributed by atoms with Crippen molar-refractivity contribution < 1.29 is 8.78 Å². The summed E-state index contributed by atoms with van der Waals surface area (Å²) in [6, 6.07) is 13.6. The van der Waals surface area contributed by atoms with E-state index in [1.54, 1.807) is 0 Å². The molecule has 0 aliphatic carbocycles. The lowest BCUT2D eigenvalue weighted by Crippen LogP contribution is -2.32. The average molecular weight is 318 g/mol. The summed E-state index contributed by atoms with van der Waals surface area (Å²) in [5, 5.41) is 3.42. The molecule has 1 fully saturated rings. The Labute approximate surface area is 133 Å². The predicted octanol–water partition coefficient (Wildman–Crippen LogP) is 4.15. The highest BCUT2D eigenvalue weighted by atomic mass is 32.1. The van der Waals surface area contributed by atoms with E-state index in [1.807, 2.05) is 23.1 Å². The average Bonchev–Trinajstić information content (AvgIpc) is 2.97. The maximum absolute atomic E-state index is 13.2. The van der Waals surface area contributed by atoms with E-state index in [9.17, 15) is 8.78 Å². The first-order chi connectivity index (χ1) is 10.6. The standard InChI is InChI=1S/C17H16F2N2S/c18-14-8-15(19)10-16(9-14)20-17(22)21-7-6-13(11-21)12-4-2-1-3-5-12/h1-5,8-10,13H,6-7,11H2,(H,20,22)/t13-/m1/s1. The highest BCUT2D eigenvalue weighted by Crippen LogP contribution is 2.27. The van der Waals surface area contributed by atoms with Crippen molar-refractivity contribution in [2.45, 2.75) is 12.3 Å². The van der Waals surface area contributed by atoms with Crippen LogP contribution in [-0.4, -0.2) is 23.1 Å². The van der Waals surface area contributed by atoms with E-state index in [-0.39, 0.29) is 0 Å². The fourth-order valence-corrected chi connectivity index (χ4v) is 3.05. The molecular formula is C17H16F2N2S.